The molecule has 0 aromatic heterocycles. The molecule has 72 valence electrons. The predicted molar refractivity (Wildman–Crippen MR) is 59.4 cm³/mol. The third-order valence-electron chi connectivity index (χ3n) is 2.18. The largest absolute Gasteiger partial charge is 0.295 e. The van der Waals surface area contributed by atoms with E-state index in [0.717, 1.165) is 6.42 Å². The van der Waals surface area contributed by atoms with Gasteiger partial charge in [-0.15, -0.1) is 0 Å². The fraction of sp³-hybridized carbons (Fsp3) is 0.250. The van der Waals surface area contributed by atoms with Crippen LogP contribution >= 0.6 is 11.8 Å². The Kier molecular flexibility index (Phi) is 2.73. The van der Waals surface area contributed by atoms with Crippen LogP contribution in [0.5, 0.6) is 0 Å². The van der Waals surface area contributed by atoms with E-state index in [4.69, 9.17) is 0 Å². The van der Waals surface area contributed by atoms with E-state index in [2.05, 4.69) is 31.2 Å². The summed E-state index contributed by atoms with van der Waals surface area (Å²) in [5.74, 6) is 0.264. The van der Waals surface area contributed by atoms with Crippen LogP contribution < -0.4 is 0 Å². The Balaban J connectivity index is 2.11. The zero-order valence-electron chi connectivity index (χ0n) is 8.12. The Labute approximate surface area is 88.2 Å². The van der Waals surface area contributed by atoms with Gasteiger partial charge < -0.3 is 0 Å². The number of carbonyl (C=O) groups is 1. The standard InChI is InChI=1S/C12H12OS/c1-9-3-2-4-11(7-9)14-12-6-5-10(13)8-12/h2-4,7-8H,5-6H2,1H3. The number of allylic oxidation sites excluding steroid dienone is 2. The highest BCUT2D eigenvalue weighted by atomic mass is 32.2. The number of hydrogen-bond donors (Lipinski definition) is 0. The summed E-state index contributed by atoms with van der Waals surface area (Å²) in [5, 5.41) is 0. The molecule has 0 heterocycles. The first-order valence-corrected chi connectivity index (χ1v) is 5.53. The van der Waals surface area contributed by atoms with Crippen LogP contribution in [0.4, 0.5) is 0 Å². The molecule has 2 rings (SSSR count). The van der Waals surface area contributed by atoms with Gasteiger partial charge in [-0.25, -0.2) is 0 Å². The lowest BCUT2D eigenvalue weighted by molar-refractivity contribution is -0.114. The van der Waals surface area contributed by atoms with Crippen LogP contribution in [0.15, 0.2) is 40.1 Å². The monoisotopic (exact) mass is 204 g/mol. The fourth-order valence-corrected chi connectivity index (χ4v) is 2.57. The maximum Gasteiger partial charge on any atom is 0.156 e. The summed E-state index contributed by atoms with van der Waals surface area (Å²) < 4.78 is 0. The van der Waals surface area contributed by atoms with Gasteiger partial charge in [0.2, 0.25) is 0 Å². The summed E-state index contributed by atoms with van der Waals surface area (Å²) in [4.78, 5) is 13.4. The molecule has 1 nitrogen and oxygen atoms in total. The first-order chi connectivity index (χ1) is 6.74. The van der Waals surface area contributed by atoms with Gasteiger partial charge in [0, 0.05) is 11.3 Å². The molecule has 0 aliphatic heterocycles. The van der Waals surface area contributed by atoms with Gasteiger partial charge in [-0.2, -0.15) is 0 Å². The summed E-state index contributed by atoms with van der Waals surface area (Å²) >= 11 is 1.71. The molecule has 1 aromatic rings. The number of carbonyl (C=O) groups excluding carboxylic acids is 1. The molecule has 0 saturated carbocycles. The van der Waals surface area contributed by atoms with Gasteiger partial charge in [0.15, 0.2) is 5.78 Å². The van der Waals surface area contributed by atoms with E-state index in [0.29, 0.717) is 6.42 Å². The maximum absolute atomic E-state index is 11.0. The van der Waals surface area contributed by atoms with Gasteiger partial charge >= 0.3 is 0 Å². The lowest BCUT2D eigenvalue weighted by atomic mass is 10.2. The highest BCUT2D eigenvalue weighted by molar-refractivity contribution is 8.03. The Hall–Kier alpha value is -1.02. The van der Waals surface area contributed by atoms with Crippen molar-refractivity contribution < 1.29 is 4.79 Å². The van der Waals surface area contributed by atoms with E-state index in [1.165, 1.54) is 15.4 Å². The van der Waals surface area contributed by atoms with Gasteiger partial charge in [0.25, 0.3) is 0 Å². The summed E-state index contributed by atoms with van der Waals surface area (Å²) in [6.45, 7) is 2.08. The first-order valence-electron chi connectivity index (χ1n) is 4.72. The molecule has 0 atom stereocenters. The van der Waals surface area contributed by atoms with Crippen molar-refractivity contribution in [3.8, 4) is 0 Å². The molecule has 1 aliphatic rings. The molecule has 1 aliphatic carbocycles. The second-order valence-electron chi connectivity index (χ2n) is 3.50. The quantitative estimate of drug-likeness (QED) is 0.735. The van der Waals surface area contributed by atoms with Gasteiger partial charge in [-0.3, -0.25) is 4.79 Å². The minimum atomic E-state index is 0.264. The number of rotatable bonds is 2. The smallest absolute Gasteiger partial charge is 0.156 e. The van der Waals surface area contributed by atoms with Crippen LogP contribution in [0.25, 0.3) is 0 Å². The normalized spacial score (nSPS) is 15.8. The van der Waals surface area contributed by atoms with Gasteiger partial charge in [-0.05, 0) is 36.5 Å². The highest BCUT2D eigenvalue weighted by Gasteiger charge is 2.12. The Morgan fingerprint density at radius 1 is 1.29 bits per heavy atom. The molecule has 0 fully saturated rings. The minimum absolute atomic E-state index is 0.264. The van der Waals surface area contributed by atoms with Crippen LogP contribution in [0.2, 0.25) is 0 Å². The summed E-state index contributed by atoms with van der Waals surface area (Å²) in [5.41, 5.74) is 1.26. The van der Waals surface area contributed by atoms with E-state index < -0.39 is 0 Å². The van der Waals surface area contributed by atoms with Crippen molar-refractivity contribution in [1.82, 2.24) is 0 Å². The van der Waals surface area contributed by atoms with Crippen molar-refractivity contribution in [3.63, 3.8) is 0 Å². The summed E-state index contributed by atoms with van der Waals surface area (Å²) in [6, 6.07) is 8.36. The van der Waals surface area contributed by atoms with Gasteiger partial charge in [0.1, 0.15) is 0 Å². The van der Waals surface area contributed by atoms with E-state index in [1.807, 2.05) is 0 Å². The van der Waals surface area contributed by atoms with Crippen LogP contribution in [-0.4, -0.2) is 5.78 Å². The summed E-state index contributed by atoms with van der Waals surface area (Å²) in [6.07, 6.45) is 3.37. The zero-order valence-corrected chi connectivity index (χ0v) is 8.93. The average molecular weight is 204 g/mol. The minimum Gasteiger partial charge on any atom is -0.295 e. The molecular weight excluding hydrogens is 192 g/mol. The second-order valence-corrected chi connectivity index (χ2v) is 4.70. The Bertz CT molecular complexity index is 393. The predicted octanol–water partition coefficient (Wildman–Crippen LogP) is 3.33. The van der Waals surface area contributed by atoms with Crippen molar-refractivity contribution in [1.29, 1.82) is 0 Å². The lowest BCUT2D eigenvalue weighted by Crippen LogP contribution is -1.80. The van der Waals surface area contributed by atoms with Crippen molar-refractivity contribution in [2.45, 2.75) is 24.7 Å². The lowest BCUT2D eigenvalue weighted by Gasteiger charge is -2.01. The number of thioether (sulfide) groups is 1. The van der Waals surface area contributed by atoms with E-state index >= 15 is 0 Å². The van der Waals surface area contributed by atoms with Crippen molar-refractivity contribution in [2.24, 2.45) is 0 Å². The van der Waals surface area contributed by atoms with Crippen LogP contribution in [0.1, 0.15) is 18.4 Å². The molecule has 14 heavy (non-hydrogen) atoms. The Morgan fingerprint density at radius 3 is 2.79 bits per heavy atom. The molecule has 0 bridgehead atoms. The molecule has 0 N–H and O–H groups in total. The number of aryl methyl sites for hydroxylation is 1. The topological polar surface area (TPSA) is 17.1 Å². The van der Waals surface area contributed by atoms with E-state index in [-0.39, 0.29) is 5.78 Å². The van der Waals surface area contributed by atoms with Crippen molar-refractivity contribution in [3.05, 3.63) is 40.8 Å². The average Bonchev–Trinajstić information content (AvgIpc) is 2.51. The maximum atomic E-state index is 11.0. The molecule has 0 radical (unpaired) electrons. The number of ketones is 1. The van der Waals surface area contributed by atoms with Crippen LogP contribution in [0, 0.1) is 6.92 Å². The fourth-order valence-electron chi connectivity index (χ4n) is 1.48. The number of hydrogen-bond acceptors (Lipinski definition) is 2. The summed E-state index contributed by atoms with van der Waals surface area (Å²) in [7, 11) is 0. The Morgan fingerprint density at radius 2 is 2.14 bits per heavy atom. The third-order valence-corrected chi connectivity index (χ3v) is 3.25. The molecule has 2 heteroatoms. The number of benzene rings is 1. The van der Waals surface area contributed by atoms with Crippen molar-refractivity contribution >= 4 is 17.5 Å². The molecule has 0 saturated heterocycles. The van der Waals surface area contributed by atoms with Gasteiger partial charge in [-0.1, -0.05) is 29.5 Å². The SMILES string of the molecule is Cc1cccc(SC2=CC(=O)CC2)c1. The molecule has 1 aromatic carbocycles. The highest BCUT2D eigenvalue weighted by Crippen LogP contribution is 2.33. The van der Waals surface area contributed by atoms with Crippen LogP contribution in [-0.2, 0) is 4.79 Å². The third kappa shape index (κ3) is 2.26. The van der Waals surface area contributed by atoms with Gasteiger partial charge in [0.05, 0.1) is 0 Å². The van der Waals surface area contributed by atoms with E-state index in [1.54, 1.807) is 17.8 Å². The zero-order chi connectivity index (χ0) is 9.97. The van der Waals surface area contributed by atoms with E-state index in [9.17, 15) is 4.79 Å². The molecular formula is C12H12OS. The molecule has 0 unspecified atom stereocenters. The molecule has 0 spiro atoms. The van der Waals surface area contributed by atoms with Crippen LogP contribution in [0.3, 0.4) is 0 Å². The molecule has 0 amide bonds. The first kappa shape index (κ1) is 9.53. The second kappa shape index (κ2) is 4.01. The van der Waals surface area contributed by atoms with Crippen molar-refractivity contribution in [2.75, 3.05) is 0 Å².